The van der Waals surface area contributed by atoms with Crippen molar-refractivity contribution in [2.75, 3.05) is 0 Å². The summed E-state index contributed by atoms with van der Waals surface area (Å²) in [5, 5.41) is 10.8. The van der Waals surface area contributed by atoms with Gasteiger partial charge in [0.25, 0.3) is 0 Å². The van der Waals surface area contributed by atoms with Crippen molar-refractivity contribution in [3.63, 3.8) is 0 Å². The standard InChI is InChI=1S/C28H38N2O5/c1-16-8-7-9-22-24(34-22)15-23(19-10-11-21-20(14-19)29-18(3)30(21)6)35-25(31)12-13-28(4,5)27(33)17(2)26(16)32/h10-14,16-17,22-24,26,32H,7-9,15H2,1-6H3/b13-12+/t16-,17+,22+,23-,24-,26-/m0/s1. The van der Waals surface area contributed by atoms with Gasteiger partial charge in [-0.25, -0.2) is 9.78 Å². The van der Waals surface area contributed by atoms with Gasteiger partial charge in [0.15, 0.2) is 0 Å². The first-order valence-electron chi connectivity index (χ1n) is 12.7. The number of aromatic nitrogens is 2. The molecule has 0 amide bonds. The first-order valence-corrected chi connectivity index (χ1v) is 12.7. The van der Waals surface area contributed by atoms with Gasteiger partial charge in [0.2, 0.25) is 0 Å². The Hall–Kier alpha value is -2.51. The summed E-state index contributed by atoms with van der Waals surface area (Å²) in [5.74, 6) is -0.198. The van der Waals surface area contributed by atoms with Crippen molar-refractivity contribution in [1.29, 1.82) is 0 Å². The van der Waals surface area contributed by atoms with Crippen molar-refractivity contribution >= 4 is 22.8 Å². The van der Waals surface area contributed by atoms with Crippen molar-refractivity contribution in [3.05, 3.63) is 41.7 Å². The summed E-state index contributed by atoms with van der Waals surface area (Å²) in [7, 11) is 1.98. The molecule has 6 atom stereocenters. The number of aliphatic hydroxyl groups excluding tert-OH is 1. The number of cyclic esters (lactones) is 1. The number of Topliss-reactive ketones (excluding diaryl/α,β-unsaturated/α-hetero) is 1. The molecule has 2 aliphatic heterocycles. The number of benzene rings is 1. The van der Waals surface area contributed by atoms with Gasteiger partial charge in [-0.2, -0.15) is 0 Å². The molecule has 0 saturated carbocycles. The van der Waals surface area contributed by atoms with E-state index in [-0.39, 0.29) is 23.9 Å². The molecule has 1 N–H and O–H groups in total. The monoisotopic (exact) mass is 482 g/mol. The average molecular weight is 483 g/mol. The van der Waals surface area contributed by atoms with Crippen LogP contribution in [-0.2, 0) is 26.1 Å². The molecule has 0 spiro atoms. The van der Waals surface area contributed by atoms with E-state index < -0.39 is 29.5 Å². The lowest BCUT2D eigenvalue weighted by atomic mass is 9.76. The number of esters is 1. The molecule has 0 aliphatic carbocycles. The number of fused-ring (bicyclic) bond motifs is 2. The molecule has 0 unspecified atom stereocenters. The Kier molecular flexibility index (Phi) is 7.21. The van der Waals surface area contributed by atoms with Gasteiger partial charge in [0, 0.05) is 30.9 Å². The van der Waals surface area contributed by atoms with Crippen LogP contribution in [0.1, 0.15) is 70.9 Å². The maximum absolute atomic E-state index is 13.1. The smallest absolute Gasteiger partial charge is 0.331 e. The van der Waals surface area contributed by atoms with Crippen LogP contribution < -0.4 is 0 Å². The van der Waals surface area contributed by atoms with Crippen LogP contribution >= 0.6 is 0 Å². The van der Waals surface area contributed by atoms with Crippen LogP contribution in [0.2, 0.25) is 0 Å². The van der Waals surface area contributed by atoms with Crippen molar-refractivity contribution in [1.82, 2.24) is 9.55 Å². The third-order valence-electron chi connectivity index (χ3n) is 7.82. The van der Waals surface area contributed by atoms with Crippen molar-refractivity contribution in [2.24, 2.45) is 24.3 Å². The quantitative estimate of drug-likeness (QED) is 0.472. The third kappa shape index (κ3) is 5.51. The highest BCUT2D eigenvalue weighted by molar-refractivity contribution is 5.90. The summed E-state index contributed by atoms with van der Waals surface area (Å²) < 4.78 is 13.9. The molecule has 3 heterocycles. The number of allylic oxidation sites excluding steroid dienone is 1. The van der Waals surface area contributed by atoms with Crippen LogP contribution in [0.15, 0.2) is 30.4 Å². The lowest BCUT2D eigenvalue weighted by molar-refractivity contribution is -0.144. The van der Waals surface area contributed by atoms with E-state index in [1.807, 2.05) is 43.7 Å². The molecule has 1 saturated heterocycles. The molecular weight excluding hydrogens is 444 g/mol. The van der Waals surface area contributed by atoms with E-state index in [9.17, 15) is 14.7 Å². The number of ketones is 1. The number of carbonyl (C=O) groups is 2. The SMILES string of the molecule is Cc1nc2cc([C@@H]3C[C@@H]4O[C@@H]4CCC[C@H](C)[C@H](O)[C@@H](C)C(=O)C(C)(C)/C=C/C(=O)O3)ccc2n1C. The second kappa shape index (κ2) is 9.86. The lowest BCUT2D eigenvalue weighted by Gasteiger charge is -2.29. The summed E-state index contributed by atoms with van der Waals surface area (Å²) in [6, 6.07) is 5.98. The number of rotatable bonds is 1. The molecule has 2 aliphatic rings. The zero-order valence-corrected chi connectivity index (χ0v) is 21.7. The number of carbonyl (C=O) groups excluding carboxylic acids is 2. The van der Waals surface area contributed by atoms with Gasteiger partial charge in [-0.15, -0.1) is 0 Å². The zero-order chi connectivity index (χ0) is 25.5. The van der Waals surface area contributed by atoms with E-state index >= 15 is 0 Å². The number of epoxide rings is 1. The fourth-order valence-corrected chi connectivity index (χ4v) is 5.23. The minimum absolute atomic E-state index is 0.00473. The second-order valence-electron chi connectivity index (χ2n) is 10.9. The topological polar surface area (TPSA) is 94.0 Å². The molecule has 1 aromatic carbocycles. The summed E-state index contributed by atoms with van der Waals surface area (Å²) in [6.07, 6.45) is 5.09. The fourth-order valence-electron chi connectivity index (χ4n) is 5.23. The maximum Gasteiger partial charge on any atom is 0.331 e. The van der Waals surface area contributed by atoms with E-state index in [0.717, 1.165) is 41.7 Å². The Bertz CT molecular complexity index is 1130. The van der Waals surface area contributed by atoms with E-state index in [2.05, 4.69) is 4.98 Å². The van der Waals surface area contributed by atoms with Crippen LogP contribution in [-0.4, -0.2) is 44.7 Å². The first-order chi connectivity index (χ1) is 16.5. The highest BCUT2D eigenvalue weighted by Crippen LogP contribution is 2.38. The largest absolute Gasteiger partial charge is 0.454 e. The molecule has 0 bridgehead atoms. The maximum atomic E-state index is 13.1. The Morgan fingerprint density at radius 2 is 1.89 bits per heavy atom. The number of imidazole rings is 1. The molecule has 0 radical (unpaired) electrons. The summed E-state index contributed by atoms with van der Waals surface area (Å²) in [4.78, 5) is 30.6. The molecule has 7 nitrogen and oxygen atoms in total. The summed E-state index contributed by atoms with van der Waals surface area (Å²) >= 11 is 0. The average Bonchev–Trinajstić information content (AvgIpc) is 3.50. The summed E-state index contributed by atoms with van der Waals surface area (Å²) in [5.41, 5.74) is 1.87. The number of hydrogen-bond donors (Lipinski definition) is 1. The number of nitrogens with zero attached hydrogens (tertiary/aromatic N) is 2. The second-order valence-corrected chi connectivity index (χ2v) is 10.9. The van der Waals surface area contributed by atoms with Gasteiger partial charge >= 0.3 is 5.97 Å². The predicted octanol–water partition coefficient (Wildman–Crippen LogP) is 4.59. The van der Waals surface area contributed by atoms with Crippen LogP contribution in [0.5, 0.6) is 0 Å². The number of aryl methyl sites for hydroxylation is 2. The highest BCUT2D eigenvalue weighted by atomic mass is 16.6. The molecule has 1 aromatic heterocycles. The van der Waals surface area contributed by atoms with E-state index in [1.54, 1.807) is 26.8 Å². The van der Waals surface area contributed by atoms with E-state index in [0.29, 0.717) is 6.42 Å². The molecule has 35 heavy (non-hydrogen) atoms. The number of hydrogen-bond acceptors (Lipinski definition) is 6. The van der Waals surface area contributed by atoms with Crippen molar-refractivity contribution < 1.29 is 24.2 Å². The van der Waals surface area contributed by atoms with Crippen LogP contribution in [0.25, 0.3) is 11.0 Å². The van der Waals surface area contributed by atoms with Gasteiger partial charge in [-0.3, -0.25) is 4.79 Å². The van der Waals surface area contributed by atoms with Crippen molar-refractivity contribution in [2.45, 2.75) is 84.7 Å². The first kappa shape index (κ1) is 25.6. The Morgan fingerprint density at radius 1 is 1.14 bits per heavy atom. The molecule has 1 fully saturated rings. The fraction of sp³-hybridized carbons (Fsp3) is 0.607. The van der Waals surface area contributed by atoms with E-state index in [1.165, 1.54) is 6.08 Å². The van der Waals surface area contributed by atoms with E-state index in [4.69, 9.17) is 9.47 Å². The predicted molar refractivity (Wildman–Crippen MR) is 134 cm³/mol. The van der Waals surface area contributed by atoms with Gasteiger partial charge in [-0.1, -0.05) is 32.4 Å². The van der Waals surface area contributed by atoms with Crippen LogP contribution in [0.4, 0.5) is 0 Å². The lowest BCUT2D eigenvalue weighted by Crippen LogP contribution is -2.38. The van der Waals surface area contributed by atoms with Gasteiger partial charge in [0.1, 0.15) is 17.7 Å². The molecule has 190 valence electrons. The molecule has 7 heteroatoms. The molecular formula is C28H38N2O5. The van der Waals surface area contributed by atoms with Crippen LogP contribution in [0, 0.1) is 24.2 Å². The Balaban J connectivity index is 1.61. The van der Waals surface area contributed by atoms with Crippen molar-refractivity contribution in [3.8, 4) is 0 Å². The molecule has 4 rings (SSSR count). The Morgan fingerprint density at radius 3 is 2.63 bits per heavy atom. The Labute approximate surface area is 207 Å². The highest BCUT2D eigenvalue weighted by Gasteiger charge is 2.41. The van der Waals surface area contributed by atoms with Gasteiger partial charge < -0.3 is 19.1 Å². The minimum atomic E-state index is -0.902. The number of ether oxygens (including phenoxy) is 2. The zero-order valence-electron chi connectivity index (χ0n) is 21.7. The minimum Gasteiger partial charge on any atom is -0.454 e. The summed E-state index contributed by atoms with van der Waals surface area (Å²) in [6.45, 7) is 9.27. The molecule has 2 aromatic rings. The van der Waals surface area contributed by atoms with Crippen LogP contribution in [0.3, 0.4) is 0 Å². The van der Waals surface area contributed by atoms with Gasteiger partial charge in [0.05, 0.1) is 29.3 Å². The normalized spacial score (nSPS) is 33.2. The number of aliphatic hydroxyl groups is 1. The third-order valence-corrected chi connectivity index (χ3v) is 7.82. The van der Waals surface area contributed by atoms with Gasteiger partial charge in [-0.05, 0) is 57.2 Å².